The second-order valence-electron chi connectivity index (χ2n) is 10.5. The highest BCUT2D eigenvalue weighted by Crippen LogP contribution is 2.18. The number of hydrogen-bond donors (Lipinski definition) is 4. The van der Waals surface area contributed by atoms with Crippen molar-refractivity contribution < 1.29 is 37.0 Å². The van der Waals surface area contributed by atoms with Crippen LogP contribution in [0.1, 0.15) is 60.7 Å². The quantitative estimate of drug-likeness (QED) is 0.168. The van der Waals surface area contributed by atoms with E-state index in [-0.39, 0.29) is 35.5 Å². The Morgan fingerprint density at radius 1 is 0.911 bits per heavy atom. The molecule has 12 heteroatoms. The highest BCUT2D eigenvalue weighted by atomic mass is 32.2. The number of nitrogens with one attached hydrogen (secondary N) is 2. The van der Waals surface area contributed by atoms with Gasteiger partial charge in [-0.3, -0.25) is 9.59 Å². The molecule has 0 aromatic heterocycles. The third-order valence-corrected chi connectivity index (χ3v) is 8.85. The van der Waals surface area contributed by atoms with Gasteiger partial charge in [0.15, 0.2) is 0 Å². The molecule has 0 aliphatic rings. The van der Waals surface area contributed by atoms with Crippen LogP contribution in [-0.4, -0.2) is 67.1 Å². The van der Waals surface area contributed by atoms with E-state index in [9.17, 15) is 27.1 Å². The number of halogens is 2. The van der Waals surface area contributed by atoms with Crippen LogP contribution in [0.2, 0.25) is 0 Å². The lowest BCUT2D eigenvalue weighted by molar-refractivity contribution is -0.122. The number of rotatable bonds is 16. The molecule has 3 aromatic carbocycles. The van der Waals surface area contributed by atoms with Gasteiger partial charge in [-0.15, -0.1) is 0 Å². The molecule has 0 spiro atoms. The largest absolute Gasteiger partial charge is 0.483 e. The van der Waals surface area contributed by atoms with Crippen molar-refractivity contribution in [1.82, 2.24) is 14.9 Å². The van der Waals surface area contributed by atoms with Crippen molar-refractivity contribution in [2.45, 2.75) is 70.0 Å². The number of carbonyl (C=O) groups is 2. The first-order valence-electron chi connectivity index (χ1n) is 14.9. The standard InChI is InChI=1S/C32H41F2N3O4S.CH2O2/c1-4-14-37(15-5-2)42(40,41)29-12-10-26(11-13-29)32(39)36-30(19-25-17-27(33)20-28(34)18-25)31(38)22-35-21-24-9-7-8-23(6-3)16-24;2-1-3/h7-13,16-18,20,30-31,35,38H,4-6,14-15,19,21-22H2,1-3H3,(H,36,39);1H,(H,2,3)/t30-,31+;/m0./s1. The Kier molecular flexibility index (Phi) is 15.8. The van der Waals surface area contributed by atoms with Gasteiger partial charge in [0.1, 0.15) is 11.6 Å². The highest BCUT2D eigenvalue weighted by molar-refractivity contribution is 7.89. The van der Waals surface area contributed by atoms with Gasteiger partial charge in [-0.05, 0) is 78.8 Å². The zero-order valence-corrected chi connectivity index (χ0v) is 26.7. The molecule has 0 saturated carbocycles. The van der Waals surface area contributed by atoms with Gasteiger partial charge in [0.05, 0.1) is 17.0 Å². The summed E-state index contributed by atoms with van der Waals surface area (Å²) in [6, 6.07) is 15.9. The molecule has 45 heavy (non-hydrogen) atoms. The summed E-state index contributed by atoms with van der Waals surface area (Å²) in [6.07, 6.45) is 1.14. The number of nitrogens with zero attached hydrogens (tertiary/aromatic N) is 1. The molecule has 0 heterocycles. The number of amides is 1. The van der Waals surface area contributed by atoms with Crippen LogP contribution in [0.15, 0.2) is 71.6 Å². The van der Waals surface area contributed by atoms with Crippen LogP contribution in [0.5, 0.6) is 0 Å². The summed E-state index contributed by atoms with van der Waals surface area (Å²) in [5.41, 5.74) is 2.70. The van der Waals surface area contributed by atoms with Gasteiger partial charge < -0.3 is 20.8 Å². The first kappa shape index (κ1) is 37.5. The van der Waals surface area contributed by atoms with Gasteiger partial charge in [0.25, 0.3) is 12.4 Å². The molecule has 0 bridgehead atoms. The maximum atomic E-state index is 13.9. The number of aryl methyl sites for hydroxylation is 1. The van der Waals surface area contributed by atoms with Crippen molar-refractivity contribution in [3.63, 3.8) is 0 Å². The molecule has 0 radical (unpaired) electrons. The molecular formula is C33H43F2N3O6S. The van der Waals surface area contributed by atoms with Crippen LogP contribution >= 0.6 is 0 Å². The summed E-state index contributed by atoms with van der Waals surface area (Å²) >= 11 is 0. The van der Waals surface area contributed by atoms with Gasteiger partial charge in [-0.25, -0.2) is 17.2 Å². The number of benzene rings is 3. The minimum Gasteiger partial charge on any atom is -0.483 e. The summed E-state index contributed by atoms with van der Waals surface area (Å²) in [6.45, 7) is 7.04. The summed E-state index contributed by atoms with van der Waals surface area (Å²) in [5.74, 6) is -2.06. The smallest absolute Gasteiger partial charge is 0.290 e. The molecule has 1 amide bonds. The topological polar surface area (TPSA) is 136 Å². The number of aliphatic hydroxyl groups is 1. The molecule has 0 fully saturated rings. The summed E-state index contributed by atoms with van der Waals surface area (Å²) in [5, 5.41) is 23.9. The third kappa shape index (κ3) is 12.0. The average Bonchev–Trinajstić information content (AvgIpc) is 3.00. The number of carboxylic acid groups (broad SMARTS) is 1. The summed E-state index contributed by atoms with van der Waals surface area (Å²) in [4.78, 5) is 21.6. The van der Waals surface area contributed by atoms with Crippen LogP contribution in [0.4, 0.5) is 8.78 Å². The normalized spacial score (nSPS) is 12.6. The molecular weight excluding hydrogens is 604 g/mol. The Bertz CT molecular complexity index is 1450. The zero-order valence-electron chi connectivity index (χ0n) is 25.9. The lowest BCUT2D eigenvalue weighted by atomic mass is 10.00. The molecule has 0 unspecified atom stereocenters. The molecule has 0 aliphatic heterocycles. The Balaban J connectivity index is 0.00000226. The minimum atomic E-state index is -3.71. The zero-order chi connectivity index (χ0) is 33.4. The predicted octanol–water partition coefficient (Wildman–Crippen LogP) is 4.53. The first-order valence-corrected chi connectivity index (χ1v) is 16.3. The fourth-order valence-corrected chi connectivity index (χ4v) is 6.39. The van der Waals surface area contributed by atoms with E-state index in [4.69, 9.17) is 9.90 Å². The van der Waals surface area contributed by atoms with E-state index in [1.54, 1.807) is 0 Å². The predicted molar refractivity (Wildman–Crippen MR) is 169 cm³/mol. The third-order valence-electron chi connectivity index (χ3n) is 6.94. The molecule has 3 aromatic rings. The number of carbonyl (C=O) groups excluding carboxylic acids is 1. The van der Waals surface area contributed by atoms with Crippen molar-refractivity contribution in [3.8, 4) is 0 Å². The van der Waals surface area contributed by atoms with Crippen molar-refractivity contribution in [2.24, 2.45) is 0 Å². The van der Waals surface area contributed by atoms with Gasteiger partial charge in [0.2, 0.25) is 10.0 Å². The number of sulfonamides is 1. The van der Waals surface area contributed by atoms with Gasteiger partial charge in [-0.1, -0.05) is 45.0 Å². The van der Waals surface area contributed by atoms with Crippen molar-refractivity contribution in [1.29, 1.82) is 0 Å². The van der Waals surface area contributed by atoms with Crippen LogP contribution in [-0.2, 0) is 34.2 Å². The van der Waals surface area contributed by atoms with E-state index in [1.165, 1.54) is 34.1 Å². The minimum absolute atomic E-state index is 0.0238. The van der Waals surface area contributed by atoms with Crippen molar-refractivity contribution >= 4 is 22.4 Å². The van der Waals surface area contributed by atoms with E-state index in [0.717, 1.165) is 30.2 Å². The lowest BCUT2D eigenvalue weighted by Gasteiger charge is -2.25. The maximum absolute atomic E-state index is 13.9. The molecule has 246 valence electrons. The molecule has 9 nitrogen and oxygen atoms in total. The monoisotopic (exact) mass is 647 g/mol. The SMILES string of the molecule is CCCN(CCC)S(=O)(=O)c1ccc(C(=O)N[C@@H](Cc2cc(F)cc(F)c2)[C@H](O)CNCc2cccc(CC)c2)cc1.O=CO. The van der Waals surface area contributed by atoms with Crippen LogP contribution in [0.3, 0.4) is 0 Å². The number of hydrogen-bond acceptors (Lipinski definition) is 6. The van der Waals surface area contributed by atoms with Crippen LogP contribution in [0.25, 0.3) is 0 Å². The molecule has 4 N–H and O–H groups in total. The van der Waals surface area contributed by atoms with Crippen molar-refractivity contribution in [3.05, 3.63) is 101 Å². The lowest BCUT2D eigenvalue weighted by Crippen LogP contribution is -2.48. The van der Waals surface area contributed by atoms with Gasteiger partial charge >= 0.3 is 0 Å². The van der Waals surface area contributed by atoms with Crippen LogP contribution in [0, 0.1) is 11.6 Å². The second-order valence-corrected chi connectivity index (χ2v) is 12.4. The van der Waals surface area contributed by atoms with Crippen molar-refractivity contribution in [2.75, 3.05) is 19.6 Å². The Morgan fingerprint density at radius 2 is 1.49 bits per heavy atom. The van der Waals surface area contributed by atoms with E-state index >= 15 is 0 Å². The highest BCUT2D eigenvalue weighted by Gasteiger charge is 2.25. The average molecular weight is 648 g/mol. The Hall–Kier alpha value is -3.71. The van der Waals surface area contributed by atoms with E-state index in [1.807, 2.05) is 32.0 Å². The fraction of sp³-hybridized carbons (Fsp3) is 0.394. The molecule has 0 aliphatic carbocycles. The Labute approximate surface area is 264 Å². The van der Waals surface area contributed by atoms with E-state index < -0.39 is 39.7 Å². The maximum Gasteiger partial charge on any atom is 0.290 e. The van der Waals surface area contributed by atoms with E-state index in [0.29, 0.717) is 32.5 Å². The van der Waals surface area contributed by atoms with Gasteiger partial charge in [-0.2, -0.15) is 4.31 Å². The fourth-order valence-electron chi connectivity index (χ4n) is 4.76. The number of aliphatic hydroxyl groups excluding tert-OH is 1. The first-order chi connectivity index (χ1) is 21.5. The molecule has 3 rings (SSSR count). The second kappa shape index (κ2) is 18.9. The van der Waals surface area contributed by atoms with E-state index in [2.05, 4.69) is 23.6 Å². The Morgan fingerprint density at radius 3 is 2.04 bits per heavy atom. The van der Waals surface area contributed by atoms with Gasteiger partial charge in [0, 0.05) is 37.8 Å². The summed E-state index contributed by atoms with van der Waals surface area (Å²) in [7, 11) is -3.71. The molecule has 0 saturated heterocycles. The summed E-state index contributed by atoms with van der Waals surface area (Å²) < 4.78 is 55.4. The molecule has 2 atom stereocenters. The van der Waals surface area contributed by atoms with Crippen LogP contribution < -0.4 is 10.6 Å².